The Morgan fingerprint density at radius 3 is 2.00 bits per heavy atom. The Kier molecular flexibility index (Phi) is 9.93. The van der Waals surface area contributed by atoms with Gasteiger partial charge in [-0.25, -0.2) is 4.79 Å². The smallest absolute Gasteiger partial charge is 0.330 e. The summed E-state index contributed by atoms with van der Waals surface area (Å²) in [6, 6.07) is 0. The molecule has 0 bridgehead atoms. The van der Waals surface area contributed by atoms with Crippen LogP contribution in [0.3, 0.4) is 0 Å². The fourth-order valence-corrected chi connectivity index (χ4v) is 0.459. The number of hydrogen-bond donors (Lipinski definition) is 4. The van der Waals surface area contributed by atoms with Gasteiger partial charge in [0.25, 0.3) is 0 Å². The predicted molar refractivity (Wildman–Crippen MR) is 45.8 cm³/mol. The normalized spacial score (nSPS) is 10.0. The van der Waals surface area contributed by atoms with E-state index in [0.717, 1.165) is 6.42 Å². The molecule has 14 heavy (non-hydrogen) atoms. The van der Waals surface area contributed by atoms with Crippen LogP contribution in [0.5, 0.6) is 0 Å². The number of rotatable bonds is 4. The second-order valence-corrected chi connectivity index (χ2v) is 3.05. The minimum atomic E-state index is -4.67. The minimum Gasteiger partial charge on any atom is -0.330 e. The van der Waals surface area contributed by atoms with E-state index in [-0.39, 0.29) is 6.42 Å². The first-order valence-electron chi connectivity index (χ1n) is 3.55. The van der Waals surface area contributed by atoms with Gasteiger partial charge in [0.15, 0.2) is 0 Å². The first kappa shape index (κ1) is 15.7. The Balaban J connectivity index is 0. The topological polar surface area (TPSA) is 147 Å². The summed E-state index contributed by atoms with van der Waals surface area (Å²) in [4.78, 5) is 13.6. The molecule has 0 saturated heterocycles. The highest BCUT2D eigenvalue weighted by Gasteiger charge is 1.98. The van der Waals surface area contributed by atoms with E-state index in [4.69, 9.17) is 28.5 Å². The lowest BCUT2D eigenvalue weighted by Gasteiger charge is -1.93. The van der Waals surface area contributed by atoms with Gasteiger partial charge in [0, 0.05) is 6.42 Å². The molecule has 0 amide bonds. The average molecular weight is 231 g/mol. The van der Waals surface area contributed by atoms with Gasteiger partial charge in [-0.05, 0) is 19.4 Å². The van der Waals surface area contributed by atoms with Gasteiger partial charge in [-0.2, -0.15) is 13.7 Å². The molecule has 0 spiro atoms. The van der Waals surface area contributed by atoms with Crippen LogP contribution in [0.1, 0.15) is 19.3 Å². The molecule has 0 fully saturated rings. The van der Waals surface area contributed by atoms with Crippen LogP contribution in [0.15, 0.2) is 0 Å². The quantitative estimate of drug-likeness (QED) is 0.218. The van der Waals surface area contributed by atoms with Crippen LogP contribution in [0, 0.1) is 0 Å². The van der Waals surface area contributed by atoms with E-state index < -0.39 is 16.4 Å². The lowest BCUT2D eigenvalue weighted by molar-refractivity contribution is -0.234. The van der Waals surface area contributed by atoms with Gasteiger partial charge in [-0.1, -0.05) is 0 Å². The summed E-state index contributed by atoms with van der Waals surface area (Å²) >= 11 is 0. The van der Waals surface area contributed by atoms with Crippen LogP contribution >= 0.6 is 0 Å². The standard InChI is InChI=1S/C5H11NO3.H2O4S/c6-4-2-1-3-5(7)9-8;1-5(2,3)4/h8H,1-4,6H2;(H2,1,2,3,4). The van der Waals surface area contributed by atoms with E-state index in [1.54, 1.807) is 0 Å². The summed E-state index contributed by atoms with van der Waals surface area (Å²) in [6.07, 6.45) is 1.71. The summed E-state index contributed by atoms with van der Waals surface area (Å²) < 4.78 is 31.6. The number of carbonyl (C=O) groups is 1. The molecule has 0 atom stereocenters. The van der Waals surface area contributed by atoms with Crippen molar-refractivity contribution in [3.05, 3.63) is 0 Å². The van der Waals surface area contributed by atoms with Crippen molar-refractivity contribution in [2.75, 3.05) is 6.54 Å². The van der Waals surface area contributed by atoms with Crippen molar-refractivity contribution in [3.63, 3.8) is 0 Å². The fourth-order valence-electron chi connectivity index (χ4n) is 0.459. The summed E-state index contributed by atoms with van der Waals surface area (Å²) in [7, 11) is -4.67. The zero-order valence-corrected chi connectivity index (χ0v) is 8.11. The Morgan fingerprint density at radius 2 is 1.71 bits per heavy atom. The highest BCUT2D eigenvalue weighted by Crippen LogP contribution is 1.93. The Hall–Kier alpha value is -0.740. The van der Waals surface area contributed by atoms with Crippen molar-refractivity contribution in [2.24, 2.45) is 5.73 Å². The molecule has 0 saturated carbocycles. The SMILES string of the molecule is NCCCCC(=O)OO.O=S(=O)(O)O. The molecular formula is C5H13NO7S. The molecule has 86 valence electrons. The molecule has 0 aromatic carbocycles. The molecule has 0 aromatic heterocycles. The zero-order valence-electron chi connectivity index (χ0n) is 7.29. The van der Waals surface area contributed by atoms with E-state index in [9.17, 15) is 4.79 Å². The van der Waals surface area contributed by atoms with Crippen LogP contribution in [-0.2, 0) is 20.1 Å². The largest absolute Gasteiger partial charge is 0.394 e. The van der Waals surface area contributed by atoms with Crippen LogP contribution in [0.2, 0.25) is 0 Å². The summed E-state index contributed by atoms with van der Waals surface area (Å²) in [5.74, 6) is -0.594. The van der Waals surface area contributed by atoms with Crippen molar-refractivity contribution in [1.82, 2.24) is 0 Å². The third kappa shape index (κ3) is 30.2. The Labute approximate surface area is 81.2 Å². The van der Waals surface area contributed by atoms with Crippen LogP contribution in [0.25, 0.3) is 0 Å². The monoisotopic (exact) mass is 231 g/mol. The molecule has 0 aliphatic carbocycles. The third-order valence-electron chi connectivity index (χ3n) is 0.937. The summed E-state index contributed by atoms with van der Waals surface area (Å²) in [5.41, 5.74) is 5.14. The molecule has 0 rings (SSSR count). The maximum absolute atomic E-state index is 10.2. The van der Waals surface area contributed by atoms with Gasteiger partial charge >= 0.3 is 16.4 Å². The van der Waals surface area contributed by atoms with Crippen molar-refractivity contribution in [2.45, 2.75) is 19.3 Å². The highest BCUT2D eigenvalue weighted by atomic mass is 32.3. The van der Waals surface area contributed by atoms with Crippen molar-refractivity contribution < 1.29 is 32.5 Å². The van der Waals surface area contributed by atoms with Crippen LogP contribution in [0.4, 0.5) is 0 Å². The van der Waals surface area contributed by atoms with Crippen molar-refractivity contribution >= 4 is 16.4 Å². The van der Waals surface area contributed by atoms with E-state index in [1.165, 1.54) is 0 Å². The minimum absolute atomic E-state index is 0.244. The summed E-state index contributed by atoms with van der Waals surface area (Å²) in [6.45, 7) is 0.568. The second-order valence-electron chi connectivity index (χ2n) is 2.16. The highest BCUT2D eigenvalue weighted by molar-refractivity contribution is 7.79. The molecule has 0 heterocycles. The predicted octanol–water partition coefficient (Wildman–Crippen LogP) is -0.521. The Bertz CT molecular complexity index is 228. The second kappa shape index (κ2) is 8.84. The average Bonchev–Trinajstić information content (AvgIpc) is 2.01. The third-order valence-corrected chi connectivity index (χ3v) is 0.937. The number of carbonyl (C=O) groups excluding carboxylic acids is 1. The number of unbranched alkanes of at least 4 members (excludes halogenated alkanes) is 1. The van der Waals surface area contributed by atoms with Crippen LogP contribution < -0.4 is 5.73 Å². The first-order valence-corrected chi connectivity index (χ1v) is 4.95. The molecule has 0 radical (unpaired) electrons. The lowest BCUT2D eigenvalue weighted by atomic mass is 10.2. The van der Waals surface area contributed by atoms with Gasteiger partial charge in [-0.3, -0.25) is 9.11 Å². The van der Waals surface area contributed by atoms with E-state index in [0.29, 0.717) is 13.0 Å². The molecule has 0 aliphatic heterocycles. The zero-order chi connectivity index (χ0) is 11.6. The van der Waals surface area contributed by atoms with E-state index in [1.807, 2.05) is 0 Å². The number of nitrogens with two attached hydrogens (primary N) is 1. The lowest BCUT2D eigenvalue weighted by Crippen LogP contribution is -2.03. The van der Waals surface area contributed by atoms with Crippen molar-refractivity contribution in [1.29, 1.82) is 0 Å². The van der Waals surface area contributed by atoms with Gasteiger partial charge in [0.1, 0.15) is 0 Å². The van der Waals surface area contributed by atoms with Gasteiger partial charge in [-0.15, -0.1) is 0 Å². The van der Waals surface area contributed by atoms with Crippen molar-refractivity contribution in [3.8, 4) is 0 Å². The fraction of sp³-hybridized carbons (Fsp3) is 0.800. The van der Waals surface area contributed by atoms with E-state index >= 15 is 0 Å². The van der Waals surface area contributed by atoms with Gasteiger partial charge in [0.2, 0.25) is 0 Å². The molecule has 9 heteroatoms. The maximum atomic E-state index is 10.2. The molecule has 0 unspecified atom stereocenters. The summed E-state index contributed by atoms with van der Waals surface area (Å²) in [5, 5.41) is 7.75. The molecule has 8 nitrogen and oxygen atoms in total. The maximum Gasteiger partial charge on any atom is 0.394 e. The Morgan fingerprint density at radius 1 is 1.29 bits per heavy atom. The molecule has 0 aromatic rings. The van der Waals surface area contributed by atoms with Crippen LogP contribution in [-0.4, -0.2) is 35.3 Å². The molecular weight excluding hydrogens is 218 g/mol. The molecule has 0 aliphatic rings. The molecule has 5 N–H and O–H groups in total. The number of hydrogen-bond acceptors (Lipinski definition) is 6. The van der Waals surface area contributed by atoms with E-state index in [2.05, 4.69) is 4.89 Å². The van der Waals surface area contributed by atoms with Gasteiger partial charge in [0.05, 0.1) is 0 Å². The van der Waals surface area contributed by atoms with Gasteiger partial charge < -0.3 is 10.6 Å². The first-order chi connectivity index (χ1) is 6.31.